The van der Waals surface area contributed by atoms with Gasteiger partial charge in [0.05, 0.1) is 5.92 Å². The smallest absolute Gasteiger partial charge is 0.229 e. The first-order chi connectivity index (χ1) is 17.1. The van der Waals surface area contributed by atoms with Crippen LogP contribution in [0, 0.1) is 5.92 Å². The van der Waals surface area contributed by atoms with Crippen molar-refractivity contribution in [1.29, 1.82) is 0 Å². The second kappa shape index (κ2) is 9.89. The summed E-state index contributed by atoms with van der Waals surface area (Å²) < 4.78 is 1.91. The molecule has 4 aromatic rings. The van der Waals surface area contributed by atoms with Gasteiger partial charge in [0.2, 0.25) is 5.91 Å². The summed E-state index contributed by atoms with van der Waals surface area (Å²) in [4.78, 5) is 31.2. The van der Waals surface area contributed by atoms with E-state index in [4.69, 9.17) is 0 Å². The van der Waals surface area contributed by atoms with Crippen molar-refractivity contribution in [2.45, 2.75) is 19.8 Å². The zero-order valence-electron chi connectivity index (χ0n) is 19.5. The minimum absolute atomic E-state index is 0.0291. The molecule has 1 N–H and O–H groups in total. The summed E-state index contributed by atoms with van der Waals surface area (Å²) in [5.74, 6) is 1.97. The molecule has 1 amide bonds. The Morgan fingerprint density at radius 1 is 0.971 bits per heavy atom. The Labute approximate surface area is 203 Å². The molecule has 3 heterocycles. The van der Waals surface area contributed by atoms with Crippen molar-refractivity contribution >= 4 is 23.2 Å². The van der Waals surface area contributed by atoms with Gasteiger partial charge < -0.3 is 10.2 Å². The van der Waals surface area contributed by atoms with Crippen molar-refractivity contribution < 1.29 is 9.59 Å². The molecule has 0 spiro atoms. The van der Waals surface area contributed by atoms with E-state index in [0.717, 1.165) is 36.6 Å². The first kappa shape index (κ1) is 22.5. The summed E-state index contributed by atoms with van der Waals surface area (Å²) in [5.41, 5.74) is 2.22. The molecule has 0 saturated carbocycles. The number of imidazole rings is 1. The van der Waals surface area contributed by atoms with Gasteiger partial charge in [0.1, 0.15) is 5.82 Å². The molecule has 1 fully saturated rings. The summed E-state index contributed by atoms with van der Waals surface area (Å²) in [7, 11) is 0. The van der Waals surface area contributed by atoms with Crippen LogP contribution in [0.3, 0.4) is 0 Å². The van der Waals surface area contributed by atoms with Crippen LogP contribution in [-0.2, 0) is 4.79 Å². The van der Waals surface area contributed by atoms with E-state index in [1.54, 1.807) is 30.5 Å². The van der Waals surface area contributed by atoms with E-state index in [9.17, 15) is 9.59 Å². The number of benzene rings is 2. The van der Waals surface area contributed by atoms with Crippen LogP contribution in [0.15, 0.2) is 79.1 Å². The quantitative estimate of drug-likeness (QED) is 0.424. The highest BCUT2D eigenvalue weighted by Crippen LogP contribution is 2.25. The van der Waals surface area contributed by atoms with Gasteiger partial charge in [-0.25, -0.2) is 4.98 Å². The fourth-order valence-electron chi connectivity index (χ4n) is 4.36. The Morgan fingerprint density at radius 3 is 2.54 bits per heavy atom. The van der Waals surface area contributed by atoms with Gasteiger partial charge in [-0.05, 0) is 44.0 Å². The van der Waals surface area contributed by atoms with Crippen LogP contribution < -0.4 is 10.2 Å². The zero-order valence-corrected chi connectivity index (χ0v) is 19.5. The maximum Gasteiger partial charge on any atom is 0.229 e. The normalized spacial score (nSPS) is 15.6. The third kappa shape index (κ3) is 4.96. The number of ketones is 1. The number of hydrogen-bond donors (Lipinski definition) is 1. The van der Waals surface area contributed by atoms with Gasteiger partial charge >= 0.3 is 0 Å². The second-order valence-electron chi connectivity index (χ2n) is 8.65. The Morgan fingerprint density at radius 2 is 1.77 bits per heavy atom. The van der Waals surface area contributed by atoms with E-state index in [2.05, 4.69) is 25.4 Å². The molecule has 0 bridgehead atoms. The summed E-state index contributed by atoms with van der Waals surface area (Å²) in [6.07, 6.45) is 5.30. The topological polar surface area (TPSA) is 93.0 Å². The molecule has 0 radical (unpaired) electrons. The van der Waals surface area contributed by atoms with Crippen molar-refractivity contribution in [3.63, 3.8) is 0 Å². The van der Waals surface area contributed by atoms with Gasteiger partial charge in [0.25, 0.3) is 0 Å². The molecule has 5 rings (SSSR count). The average Bonchev–Trinajstić information content (AvgIpc) is 3.40. The SMILES string of the molecule is CC(=O)c1cccc(NC(=O)C2CCCN(c3ccc(-n4ccnc4-c4ccccc4)nn3)C2)c1. The number of nitrogens with one attached hydrogen (secondary N) is 1. The standard InChI is InChI=1S/C27H26N6O2/c1-19(34)21-9-5-11-23(17-21)29-27(35)22-10-6-15-32(18-22)24-12-13-25(31-30-24)33-16-14-28-26(33)20-7-3-2-4-8-20/h2-5,7-9,11-14,16-17,22H,6,10,15,18H2,1H3,(H,29,35). The van der Waals surface area contributed by atoms with Crippen LogP contribution in [0.4, 0.5) is 11.5 Å². The molecule has 2 aromatic carbocycles. The van der Waals surface area contributed by atoms with E-state index >= 15 is 0 Å². The number of hydrogen-bond acceptors (Lipinski definition) is 6. The average molecular weight is 467 g/mol. The van der Waals surface area contributed by atoms with Crippen LogP contribution >= 0.6 is 0 Å². The Kier molecular flexibility index (Phi) is 6.34. The first-order valence-electron chi connectivity index (χ1n) is 11.7. The second-order valence-corrected chi connectivity index (χ2v) is 8.65. The number of piperidine rings is 1. The van der Waals surface area contributed by atoms with Crippen LogP contribution in [0.25, 0.3) is 17.2 Å². The lowest BCUT2D eigenvalue weighted by molar-refractivity contribution is -0.120. The molecule has 1 saturated heterocycles. The number of rotatable bonds is 6. The lowest BCUT2D eigenvalue weighted by atomic mass is 9.97. The lowest BCUT2D eigenvalue weighted by Crippen LogP contribution is -2.41. The highest BCUT2D eigenvalue weighted by Gasteiger charge is 2.27. The van der Waals surface area contributed by atoms with E-state index < -0.39 is 0 Å². The fourth-order valence-corrected chi connectivity index (χ4v) is 4.36. The number of aromatic nitrogens is 4. The summed E-state index contributed by atoms with van der Waals surface area (Å²) >= 11 is 0. The van der Waals surface area contributed by atoms with E-state index in [-0.39, 0.29) is 17.6 Å². The van der Waals surface area contributed by atoms with Crippen LogP contribution in [0.1, 0.15) is 30.1 Å². The lowest BCUT2D eigenvalue weighted by Gasteiger charge is -2.32. The molecule has 1 aliphatic heterocycles. The molecule has 176 valence electrons. The van der Waals surface area contributed by atoms with Gasteiger partial charge in [-0.2, -0.15) is 0 Å². The molecule has 8 heteroatoms. The van der Waals surface area contributed by atoms with E-state index in [1.165, 1.54) is 6.92 Å². The van der Waals surface area contributed by atoms with E-state index in [1.807, 2.05) is 53.2 Å². The number of carbonyl (C=O) groups is 2. The van der Waals surface area contributed by atoms with Crippen LogP contribution in [0.5, 0.6) is 0 Å². The fraction of sp³-hybridized carbons (Fsp3) is 0.222. The highest BCUT2D eigenvalue weighted by molar-refractivity contribution is 5.97. The zero-order chi connectivity index (χ0) is 24.2. The largest absolute Gasteiger partial charge is 0.354 e. The van der Waals surface area contributed by atoms with Gasteiger partial charge in [0.15, 0.2) is 17.4 Å². The van der Waals surface area contributed by atoms with Crippen molar-refractivity contribution in [3.05, 3.63) is 84.7 Å². The first-order valence-corrected chi connectivity index (χ1v) is 11.7. The highest BCUT2D eigenvalue weighted by atomic mass is 16.2. The molecule has 1 aliphatic rings. The number of nitrogens with zero attached hydrogens (tertiary/aromatic N) is 5. The molecule has 8 nitrogen and oxygen atoms in total. The number of anilines is 2. The maximum atomic E-state index is 12.9. The number of amides is 1. The number of Topliss-reactive ketones (excluding diaryl/α,β-unsaturated/α-hetero) is 1. The molecule has 1 unspecified atom stereocenters. The minimum atomic E-state index is -0.176. The Hall–Kier alpha value is -4.33. The number of carbonyl (C=O) groups excluding carboxylic acids is 2. The van der Waals surface area contributed by atoms with Crippen molar-refractivity contribution in [2.75, 3.05) is 23.3 Å². The third-order valence-corrected chi connectivity index (χ3v) is 6.21. The minimum Gasteiger partial charge on any atom is -0.354 e. The van der Waals surface area contributed by atoms with Gasteiger partial charge in [-0.3, -0.25) is 14.2 Å². The molecule has 0 aliphatic carbocycles. The van der Waals surface area contributed by atoms with Crippen molar-refractivity contribution in [2.24, 2.45) is 5.92 Å². The maximum absolute atomic E-state index is 12.9. The summed E-state index contributed by atoms with van der Waals surface area (Å²) in [6.45, 7) is 2.89. The summed E-state index contributed by atoms with van der Waals surface area (Å²) in [5, 5.41) is 11.9. The predicted molar refractivity (Wildman–Crippen MR) is 135 cm³/mol. The monoisotopic (exact) mass is 466 g/mol. The molecular weight excluding hydrogens is 440 g/mol. The predicted octanol–water partition coefficient (Wildman–Crippen LogP) is 4.39. The van der Waals surface area contributed by atoms with Crippen molar-refractivity contribution in [3.8, 4) is 17.2 Å². The van der Waals surface area contributed by atoms with Gasteiger partial charge in [-0.15, -0.1) is 10.2 Å². The molecule has 1 atom stereocenters. The Bertz CT molecular complexity index is 1330. The Balaban J connectivity index is 1.28. The van der Waals surface area contributed by atoms with E-state index in [0.29, 0.717) is 23.6 Å². The van der Waals surface area contributed by atoms with Crippen LogP contribution in [0.2, 0.25) is 0 Å². The van der Waals surface area contributed by atoms with Gasteiger partial charge in [0, 0.05) is 42.3 Å². The molecule has 2 aromatic heterocycles. The third-order valence-electron chi connectivity index (χ3n) is 6.21. The van der Waals surface area contributed by atoms with Crippen molar-refractivity contribution in [1.82, 2.24) is 19.7 Å². The molecule has 35 heavy (non-hydrogen) atoms. The van der Waals surface area contributed by atoms with Gasteiger partial charge in [-0.1, -0.05) is 42.5 Å². The molecular formula is C27H26N6O2. The van der Waals surface area contributed by atoms with Crippen LogP contribution in [-0.4, -0.2) is 44.5 Å². The summed E-state index contributed by atoms with van der Waals surface area (Å²) in [6, 6.07) is 20.8.